The standard InChI is InChI=1S/C32H36N6O4S2/c39-44(40,25-6-2-1-3-7-25)38-21-28(26-8-4-5-9-27(26)38)37-20-29(36-12-16-42-17-13-36)32-30(22-37)43-31(33-32)23-34-18-24(19-34)35-10-14-41-15-11-35/h1-9,20-21,24H,10-19,22-23H2. The number of nitrogens with zero attached hydrogens (tertiary/aromatic N) is 6. The van der Waals surface area contributed by atoms with Gasteiger partial charge in [0.25, 0.3) is 10.0 Å². The van der Waals surface area contributed by atoms with Crippen LogP contribution in [0.2, 0.25) is 0 Å². The van der Waals surface area contributed by atoms with E-state index in [1.807, 2.05) is 30.3 Å². The van der Waals surface area contributed by atoms with Crippen molar-refractivity contribution in [3.05, 3.63) is 82.6 Å². The Morgan fingerprint density at radius 2 is 1.59 bits per heavy atom. The highest BCUT2D eigenvalue weighted by Gasteiger charge is 2.35. The first-order valence-electron chi connectivity index (χ1n) is 15.3. The fourth-order valence-electron chi connectivity index (χ4n) is 6.68. The molecule has 0 aliphatic carbocycles. The van der Waals surface area contributed by atoms with Crippen LogP contribution in [-0.4, -0.2) is 104 Å². The minimum absolute atomic E-state index is 0.270. The number of aromatic nitrogens is 2. The van der Waals surface area contributed by atoms with Gasteiger partial charge >= 0.3 is 0 Å². The summed E-state index contributed by atoms with van der Waals surface area (Å²) in [6, 6.07) is 17.0. The van der Waals surface area contributed by atoms with Gasteiger partial charge < -0.3 is 19.3 Å². The Bertz CT molecular complexity index is 1790. The van der Waals surface area contributed by atoms with Crippen LogP contribution in [-0.2, 0) is 32.6 Å². The Hall–Kier alpha value is -3.26. The van der Waals surface area contributed by atoms with Crippen LogP contribution in [0.1, 0.15) is 15.6 Å². The second kappa shape index (κ2) is 11.6. The van der Waals surface area contributed by atoms with Gasteiger partial charge in [-0.05, 0) is 18.2 Å². The van der Waals surface area contributed by atoms with Crippen molar-refractivity contribution in [2.24, 2.45) is 0 Å². The van der Waals surface area contributed by atoms with E-state index in [1.165, 1.54) is 8.85 Å². The molecule has 0 atom stereocenters. The van der Waals surface area contributed by atoms with Crippen LogP contribution in [0.4, 0.5) is 5.69 Å². The molecule has 4 aliphatic heterocycles. The normalized spacial score (nSPS) is 20.5. The molecule has 3 fully saturated rings. The molecule has 230 valence electrons. The van der Waals surface area contributed by atoms with E-state index >= 15 is 0 Å². The van der Waals surface area contributed by atoms with Crippen molar-refractivity contribution in [1.29, 1.82) is 0 Å². The van der Waals surface area contributed by atoms with Crippen molar-refractivity contribution in [2.45, 2.75) is 24.0 Å². The van der Waals surface area contributed by atoms with Gasteiger partial charge in [0.1, 0.15) is 10.7 Å². The van der Waals surface area contributed by atoms with Crippen LogP contribution in [0.3, 0.4) is 0 Å². The van der Waals surface area contributed by atoms with E-state index in [1.54, 1.807) is 41.8 Å². The molecule has 0 spiro atoms. The Morgan fingerprint density at radius 1 is 0.886 bits per heavy atom. The first-order chi connectivity index (χ1) is 21.5. The molecule has 0 unspecified atom stereocenters. The third-order valence-corrected chi connectivity index (χ3v) is 11.8. The Kier molecular flexibility index (Phi) is 7.44. The van der Waals surface area contributed by atoms with Crippen molar-refractivity contribution >= 4 is 43.6 Å². The molecule has 0 radical (unpaired) electrons. The molecule has 2 aromatic carbocycles. The molecule has 0 N–H and O–H groups in total. The fraction of sp³-hybridized carbons (Fsp3) is 0.406. The lowest BCUT2D eigenvalue weighted by molar-refractivity contribution is -0.0344. The molecule has 10 nitrogen and oxygen atoms in total. The van der Waals surface area contributed by atoms with Crippen LogP contribution in [0, 0.1) is 0 Å². The average molecular weight is 633 g/mol. The maximum Gasteiger partial charge on any atom is 0.268 e. The van der Waals surface area contributed by atoms with E-state index in [-0.39, 0.29) is 4.90 Å². The number of hydrogen-bond donors (Lipinski definition) is 0. The summed E-state index contributed by atoms with van der Waals surface area (Å²) in [6.07, 6.45) is 3.94. The van der Waals surface area contributed by atoms with Gasteiger partial charge in [0, 0.05) is 63.1 Å². The second-order valence-corrected chi connectivity index (χ2v) is 14.7. The van der Waals surface area contributed by atoms with E-state index in [0.717, 1.165) is 86.5 Å². The van der Waals surface area contributed by atoms with Gasteiger partial charge in [-0.25, -0.2) is 17.4 Å². The maximum absolute atomic E-state index is 13.8. The SMILES string of the molecule is O=S(=O)(c1ccccc1)n1cc(N2C=C(N3CCOCC3)c3nc(CN4CC(N5CCOCC5)C4)sc3C2)c2ccccc21. The summed E-state index contributed by atoms with van der Waals surface area (Å²) in [7, 11) is -3.78. The van der Waals surface area contributed by atoms with Gasteiger partial charge in [0.15, 0.2) is 0 Å². The fourth-order valence-corrected chi connectivity index (χ4v) is 9.18. The number of morpholine rings is 2. The topological polar surface area (TPSA) is 83.4 Å². The van der Waals surface area contributed by atoms with Crippen LogP contribution >= 0.6 is 11.3 Å². The number of anilines is 1. The van der Waals surface area contributed by atoms with Gasteiger partial charge in [-0.1, -0.05) is 36.4 Å². The first kappa shape index (κ1) is 28.2. The summed E-state index contributed by atoms with van der Waals surface area (Å²) in [5.41, 5.74) is 3.65. The zero-order valence-corrected chi connectivity index (χ0v) is 26.2. The molecule has 4 aromatic rings. The molecule has 3 saturated heterocycles. The van der Waals surface area contributed by atoms with Gasteiger partial charge in [0.05, 0.1) is 66.2 Å². The highest BCUT2D eigenvalue weighted by atomic mass is 32.2. The third kappa shape index (κ3) is 5.13. The average Bonchev–Trinajstić information content (AvgIpc) is 3.65. The van der Waals surface area contributed by atoms with Crippen molar-refractivity contribution in [3.8, 4) is 0 Å². The molecular weight excluding hydrogens is 597 g/mol. The van der Waals surface area contributed by atoms with E-state index in [2.05, 4.69) is 25.8 Å². The van der Waals surface area contributed by atoms with E-state index in [4.69, 9.17) is 14.5 Å². The van der Waals surface area contributed by atoms with E-state index < -0.39 is 10.0 Å². The number of benzene rings is 2. The Labute approximate surface area is 261 Å². The summed E-state index contributed by atoms with van der Waals surface area (Å²) in [5, 5.41) is 2.03. The van der Waals surface area contributed by atoms with Crippen LogP contribution in [0.5, 0.6) is 0 Å². The molecular formula is C32H36N6O4S2. The van der Waals surface area contributed by atoms with Gasteiger partial charge in [-0.15, -0.1) is 11.3 Å². The predicted molar refractivity (Wildman–Crippen MR) is 171 cm³/mol. The number of thiazole rings is 1. The van der Waals surface area contributed by atoms with Gasteiger partial charge in [-0.3, -0.25) is 9.80 Å². The largest absolute Gasteiger partial charge is 0.379 e. The summed E-state index contributed by atoms with van der Waals surface area (Å²) in [6.45, 7) is 10.3. The lowest BCUT2D eigenvalue weighted by Crippen LogP contribution is -2.60. The first-order valence-corrected chi connectivity index (χ1v) is 17.6. The molecule has 6 heterocycles. The van der Waals surface area contributed by atoms with Crippen molar-refractivity contribution in [1.82, 2.24) is 23.7 Å². The van der Waals surface area contributed by atoms with Crippen LogP contribution in [0.25, 0.3) is 16.6 Å². The van der Waals surface area contributed by atoms with E-state index in [9.17, 15) is 8.42 Å². The van der Waals surface area contributed by atoms with Gasteiger partial charge in [-0.2, -0.15) is 0 Å². The molecule has 0 amide bonds. The number of fused-ring (bicyclic) bond motifs is 2. The van der Waals surface area contributed by atoms with Crippen LogP contribution < -0.4 is 4.90 Å². The summed E-state index contributed by atoms with van der Waals surface area (Å²) in [5.74, 6) is 0. The lowest BCUT2D eigenvalue weighted by atomic mass is 10.1. The Balaban J connectivity index is 1.11. The van der Waals surface area contributed by atoms with Crippen molar-refractivity contribution in [3.63, 3.8) is 0 Å². The zero-order valence-electron chi connectivity index (χ0n) is 24.5. The molecule has 12 heteroatoms. The molecule has 44 heavy (non-hydrogen) atoms. The summed E-state index contributed by atoms with van der Waals surface area (Å²) < 4.78 is 40.3. The third-order valence-electron chi connectivity index (χ3n) is 9.05. The zero-order chi connectivity index (χ0) is 29.7. The number of para-hydroxylation sites is 1. The predicted octanol–water partition coefficient (Wildman–Crippen LogP) is 3.50. The summed E-state index contributed by atoms with van der Waals surface area (Å²) in [4.78, 5) is 16.3. The molecule has 0 bridgehead atoms. The minimum Gasteiger partial charge on any atom is -0.379 e. The smallest absolute Gasteiger partial charge is 0.268 e. The van der Waals surface area contributed by atoms with Crippen LogP contribution in [0.15, 0.2) is 71.9 Å². The maximum atomic E-state index is 13.8. The highest BCUT2D eigenvalue weighted by molar-refractivity contribution is 7.90. The monoisotopic (exact) mass is 632 g/mol. The van der Waals surface area contributed by atoms with Crippen molar-refractivity contribution < 1.29 is 17.9 Å². The van der Waals surface area contributed by atoms with E-state index in [0.29, 0.717) is 31.3 Å². The number of hydrogen-bond acceptors (Lipinski definition) is 10. The van der Waals surface area contributed by atoms with Gasteiger partial charge in [0.2, 0.25) is 0 Å². The highest BCUT2D eigenvalue weighted by Crippen LogP contribution is 2.40. The number of ether oxygens (including phenoxy) is 2. The molecule has 0 saturated carbocycles. The number of likely N-dealkylation sites (tertiary alicyclic amines) is 1. The molecule has 4 aliphatic rings. The molecule has 2 aromatic heterocycles. The minimum atomic E-state index is -3.78. The summed E-state index contributed by atoms with van der Waals surface area (Å²) >= 11 is 1.78. The Morgan fingerprint density at radius 3 is 2.36 bits per heavy atom. The second-order valence-electron chi connectivity index (χ2n) is 11.8. The molecule has 8 rings (SSSR count). The lowest BCUT2D eigenvalue weighted by Gasteiger charge is -2.46. The van der Waals surface area contributed by atoms with Crippen molar-refractivity contribution in [2.75, 3.05) is 70.6 Å². The quantitative estimate of drug-likeness (QED) is 0.304. The number of rotatable bonds is 7.